The number of phenols is 1. The molecule has 3 heteroatoms. The average molecular weight is 416 g/mol. The van der Waals surface area contributed by atoms with Crippen molar-refractivity contribution >= 4 is 0 Å². The number of hydrogen-bond donors (Lipinski definition) is 2. The van der Waals surface area contributed by atoms with Crippen molar-refractivity contribution in [1.82, 2.24) is 5.32 Å². The summed E-state index contributed by atoms with van der Waals surface area (Å²) in [5.74, 6) is 1.97. The molecular formula is C28H33NO2. The second-order valence-corrected chi connectivity index (χ2v) is 8.44. The van der Waals surface area contributed by atoms with Crippen molar-refractivity contribution in [1.29, 1.82) is 0 Å². The lowest BCUT2D eigenvalue weighted by molar-refractivity contribution is 0.313. The average Bonchev–Trinajstić information content (AvgIpc) is 2.81. The van der Waals surface area contributed by atoms with Crippen LogP contribution in [0, 0.1) is 0 Å². The second kappa shape index (κ2) is 10.5. The molecule has 3 aromatic carbocycles. The van der Waals surface area contributed by atoms with Crippen LogP contribution in [0.15, 0.2) is 72.8 Å². The number of hydrogen-bond acceptors (Lipinski definition) is 3. The molecule has 162 valence electrons. The highest BCUT2D eigenvalue weighted by Crippen LogP contribution is 2.47. The third kappa shape index (κ3) is 5.29. The van der Waals surface area contributed by atoms with Gasteiger partial charge in [0.2, 0.25) is 0 Å². The first-order valence-electron chi connectivity index (χ1n) is 11.6. The van der Waals surface area contributed by atoms with E-state index in [2.05, 4.69) is 72.9 Å². The highest BCUT2D eigenvalue weighted by atomic mass is 16.5. The Bertz CT molecular complexity index is 953. The molecule has 0 saturated carbocycles. The van der Waals surface area contributed by atoms with Gasteiger partial charge in [-0.15, -0.1) is 0 Å². The van der Waals surface area contributed by atoms with Crippen LogP contribution in [-0.4, -0.2) is 24.8 Å². The Morgan fingerprint density at radius 1 is 0.935 bits per heavy atom. The third-order valence-electron chi connectivity index (χ3n) is 6.31. The molecule has 0 radical (unpaired) electrons. The zero-order valence-corrected chi connectivity index (χ0v) is 18.4. The zero-order chi connectivity index (χ0) is 21.5. The highest BCUT2D eigenvalue weighted by molar-refractivity contribution is 5.48. The normalized spacial score (nSPS) is 17.8. The molecule has 0 aliphatic heterocycles. The summed E-state index contributed by atoms with van der Waals surface area (Å²) in [5, 5.41) is 13.4. The Morgan fingerprint density at radius 3 is 2.52 bits per heavy atom. The van der Waals surface area contributed by atoms with Crippen molar-refractivity contribution in [3.8, 4) is 11.5 Å². The molecule has 0 unspecified atom stereocenters. The molecule has 1 aliphatic carbocycles. The summed E-state index contributed by atoms with van der Waals surface area (Å²) in [7, 11) is 0. The lowest BCUT2D eigenvalue weighted by Gasteiger charge is -2.34. The number of benzene rings is 3. The number of phenolic OH excluding ortho intramolecular Hbond substituents is 1. The number of aryl methyl sites for hydroxylation is 1. The summed E-state index contributed by atoms with van der Waals surface area (Å²) in [6, 6.07) is 25.3. The maximum Gasteiger partial charge on any atom is 0.119 e. The lowest BCUT2D eigenvalue weighted by Crippen LogP contribution is -2.22. The Labute approximate surface area is 186 Å². The van der Waals surface area contributed by atoms with E-state index < -0.39 is 0 Å². The van der Waals surface area contributed by atoms with Crippen molar-refractivity contribution in [2.24, 2.45) is 0 Å². The molecule has 1 aliphatic rings. The van der Waals surface area contributed by atoms with Gasteiger partial charge in [-0.3, -0.25) is 0 Å². The maximum atomic E-state index is 9.99. The summed E-state index contributed by atoms with van der Waals surface area (Å²) in [4.78, 5) is 0. The predicted octanol–water partition coefficient (Wildman–Crippen LogP) is 6.02. The topological polar surface area (TPSA) is 41.5 Å². The van der Waals surface area contributed by atoms with Crippen LogP contribution in [-0.2, 0) is 6.42 Å². The van der Waals surface area contributed by atoms with Crippen LogP contribution in [0.4, 0.5) is 0 Å². The van der Waals surface area contributed by atoms with Crippen LogP contribution in [0.25, 0.3) is 0 Å². The predicted molar refractivity (Wildman–Crippen MR) is 127 cm³/mol. The van der Waals surface area contributed by atoms with Gasteiger partial charge in [0.15, 0.2) is 0 Å². The van der Waals surface area contributed by atoms with Crippen LogP contribution in [0.5, 0.6) is 11.5 Å². The number of fused-ring (bicyclic) bond motifs is 1. The Hall–Kier alpha value is -2.78. The van der Waals surface area contributed by atoms with Crippen molar-refractivity contribution < 1.29 is 9.84 Å². The molecule has 3 nitrogen and oxygen atoms in total. The zero-order valence-electron chi connectivity index (χ0n) is 18.4. The van der Waals surface area contributed by atoms with Crippen molar-refractivity contribution in [3.63, 3.8) is 0 Å². The van der Waals surface area contributed by atoms with Gasteiger partial charge in [0.25, 0.3) is 0 Å². The number of aromatic hydroxyl groups is 1. The fourth-order valence-electron chi connectivity index (χ4n) is 4.72. The van der Waals surface area contributed by atoms with Gasteiger partial charge in [-0.05, 0) is 78.2 Å². The van der Waals surface area contributed by atoms with E-state index in [1.807, 2.05) is 12.1 Å². The highest BCUT2D eigenvalue weighted by Gasteiger charge is 2.32. The molecule has 0 heterocycles. The van der Waals surface area contributed by atoms with Crippen LogP contribution < -0.4 is 10.1 Å². The Balaban J connectivity index is 1.53. The van der Waals surface area contributed by atoms with Crippen LogP contribution in [0.2, 0.25) is 0 Å². The van der Waals surface area contributed by atoms with Crippen molar-refractivity contribution in [3.05, 3.63) is 95.1 Å². The molecular weight excluding hydrogens is 382 g/mol. The molecule has 0 spiro atoms. The van der Waals surface area contributed by atoms with E-state index in [1.54, 1.807) is 0 Å². The molecule has 31 heavy (non-hydrogen) atoms. The molecule has 2 N–H and O–H groups in total. The molecule has 2 atom stereocenters. The number of nitrogens with one attached hydrogen (secondary N) is 1. The smallest absolute Gasteiger partial charge is 0.119 e. The van der Waals surface area contributed by atoms with E-state index in [4.69, 9.17) is 4.74 Å². The Morgan fingerprint density at radius 2 is 1.74 bits per heavy atom. The van der Waals surface area contributed by atoms with Gasteiger partial charge in [-0.25, -0.2) is 0 Å². The first-order valence-corrected chi connectivity index (χ1v) is 11.6. The Kier molecular flexibility index (Phi) is 7.26. The van der Waals surface area contributed by atoms with E-state index in [-0.39, 0.29) is 5.92 Å². The van der Waals surface area contributed by atoms with E-state index in [0.717, 1.165) is 31.7 Å². The molecule has 0 bridgehead atoms. The van der Waals surface area contributed by atoms with Crippen molar-refractivity contribution in [2.45, 2.75) is 44.4 Å². The van der Waals surface area contributed by atoms with Gasteiger partial charge in [0.1, 0.15) is 18.1 Å². The largest absolute Gasteiger partial charge is 0.508 e. The number of unbranched alkanes of at least 4 members (excludes halogenated alkanes) is 1. The standard InChI is InChI=1S/C28H33NO2/c1-2-3-17-29-18-19-31-25-13-9-22(10-14-25)28-26(21-7-5-4-6-8-21)15-11-23-20-24(30)12-16-27(23)28/h4-10,12-14,16,20,26,28-30H,2-3,11,15,17-19H2,1H3/t26-,28+/m1/s1. The van der Waals surface area contributed by atoms with Crippen LogP contribution in [0.1, 0.15) is 60.3 Å². The van der Waals surface area contributed by atoms with Gasteiger partial charge in [-0.1, -0.05) is 61.9 Å². The maximum absolute atomic E-state index is 9.99. The summed E-state index contributed by atoms with van der Waals surface area (Å²) in [5.41, 5.74) is 5.26. The van der Waals surface area contributed by atoms with Gasteiger partial charge in [0.05, 0.1) is 0 Å². The number of rotatable bonds is 9. The van der Waals surface area contributed by atoms with E-state index in [1.165, 1.54) is 35.1 Å². The summed E-state index contributed by atoms with van der Waals surface area (Å²) in [6.07, 6.45) is 4.49. The monoisotopic (exact) mass is 415 g/mol. The summed E-state index contributed by atoms with van der Waals surface area (Å²) in [6.45, 7) is 4.81. The van der Waals surface area contributed by atoms with Crippen LogP contribution in [0.3, 0.4) is 0 Å². The van der Waals surface area contributed by atoms with Gasteiger partial charge in [0, 0.05) is 12.5 Å². The quantitative estimate of drug-likeness (QED) is 0.420. The molecule has 0 aromatic heterocycles. The third-order valence-corrected chi connectivity index (χ3v) is 6.31. The minimum Gasteiger partial charge on any atom is -0.508 e. The minimum absolute atomic E-state index is 0.275. The van der Waals surface area contributed by atoms with Gasteiger partial charge in [-0.2, -0.15) is 0 Å². The molecule has 0 fully saturated rings. The molecule has 0 amide bonds. The minimum atomic E-state index is 0.275. The first-order chi connectivity index (χ1) is 15.3. The molecule has 3 aromatic rings. The van der Waals surface area contributed by atoms with E-state index >= 15 is 0 Å². The molecule has 4 rings (SSSR count). The first kappa shape index (κ1) is 21.5. The fourth-order valence-corrected chi connectivity index (χ4v) is 4.72. The SMILES string of the molecule is CCCCNCCOc1ccc([C@@H]2c3ccc(O)cc3CC[C@@H]2c2ccccc2)cc1. The van der Waals surface area contributed by atoms with E-state index in [0.29, 0.717) is 18.3 Å². The lowest BCUT2D eigenvalue weighted by atomic mass is 9.69. The van der Waals surface area contributed by atoms with Gasteiger partial charge >= 0.3 is 0 Å². The second-order valence-electron chi connectivity index (χ2n) is 8.44. The van der Waals surface area contributed by atoms with Crippen molar-refractivity contribution in [2.75, 3.05) is 19.7 Å². The molecule has 0 saturated heterocycles. The number of ether oxygens (including phenoxy) is 1. The summed E-state index contributed by atoms with van der Waals surface area (Å²) < 4.78 is 5.93. The fraction of sp³-hybridized carbons (Fsp3) is 0.357. The summed E-state index contributed by atoms with van der Waals surface area (Å²) >= 11 is 0. The van der Waals surface area contributed by atoms with E-state index in [9.17, 15) is 5.11 Å². The van der Waals surface area contributed by atoms with Gasteiger partial charge < -0.3 is 15.2 Å². The van der Waals surface area contributed by atoms with Crippen LogP contribution >= 0.6 is 0 Å².